The maximum absolute atomic E-state index is 10.2. The highest BCUT2D eigenvalue weighted by atomic mass is 16.5. The summed E-state index contributed by atoms with van der Waals surface area (Å²) in [5.41, 5.74) is 4.19. The Bertz CT molecular complexity index is 661. The summed E-state index contributed by atoms with van der Waals surface area (Å²) in [5.74, 6) is 1.26. The van der Waals surface area contributed by atoms with E-state index in [-0.39, 0.29) is 11.5 Å². The van der Waals surface area contributed by atoms with Crippen LogP contribution in [0.15, 0.2) is 24.3 Å². The van der Waals surface area contributed by atoms with Crippen LogP contribution in [0.3, 0.4) is 0 Å². The van der Waals surface area contributed by atoms with E-state index in [1.807, 2.05) is 12.1 Å². The smallest absolute Gasteiger partial charge is 0.164 e. The Balaban J connectivity index is 2.62. The van der Waals surface area contributed by atoms with Crippen molar-refractivity contribution < 1.29 is 19.7 Å². The molecule has 0 atom stereocenters. The second kappa shape index (κ2) is 8.65. The summed E-state index contributed by atoms with van der Waals surface area (Å²) >= 11 is 0. The van der Waals surface area contributed by atoms with Crippen LogP contribution in [-0.4, -0.2) is 24.4 Å². The van der Waals surface area contributed by atoms with Gasteiger partial charge >= 0.3 is 0 Å². The SMILES string of the molecule is CCCc1ccc(O)c(OC)c1Cc1c(CCC)ccc(O)c1OC. The predicted octanol–water partition coefficient (Wildman–Crippen LogP) is 4.61. The van der Waals surface area contributed by atoms with Crippen molar-refractivity contribution >= 4 is 0 Å². The third-order valence-electron chi connectivity index (χ3n) is 4.47. The van der Waals surface area contributed by atoms with Gasteiger partial charge in [-0.05, 0) is 36.1 Å². The molecule has 0 aromatic heterocycles. The van der Waals surface area contributed by atoms with E-state index in [1.165, 1.54) is 0 Å². The monoisotopic (exact) mass is 344 g/mol. The Morgan fingerprint density at radius 1 is 0.720 bits per heavy atom. The Morgan fingerprint density at radius 3 is 1.44 bits per heavy atom. The normalized spacial score (nSPS) is 10.7. The highest BCUT2D eigenvalue weighted by Crippen LogP contribution is 2.40. The van der Waals surface area contributed by atoms with Crippen LogP contribution in [0.25, 0.3) is 0 Å². The van der Waals surface area contributed by atoms with Gasteiger partial charge < -0.3 is 19.7 Å². The highest BCUT2D eigenvalue weighted by Gasteiger charge is 2.20. The van der Waals surface area contributed by atoms with Gasteiger partial charge in [0.05, 0.1) is 14.2 Å². The molecule has 0 aliphatic heterocycles. The number of phenols is 2. The molecule has 0 aliphatic carbocycles. The zero-order valence-electron chi connectivity index (χ0n) is 15.6. The molecule has 0 saturated heterocycles. The Labute approximate surface area is 150 Å². The topological polar surface area (TPSA) is 58.9 Å². The van der Waals surface area contributed by atoms with Crippen LogP contribution < -0.4 is 9.47 Å². The van der Waals surface area contributed by atoms with Crippen LogP contribution in [0.1, 0.15) is 48.9 Å². The highest BCUT2D eigenvalue weighted by molar-refractivity contribution is 5.57. The van der Waals surface area contributed by atoms with Crippen molar-refractivity contribution in [1.29, 1.82) is 0 Å². The molecule has 0 bridgehead atoms. The summed E-state index contributed by atoms with van der Waals surface area (Å²) in [5, 5.41) is 20.4. The second-order valence-electron chi connectivity index (χ2n) is 6.19. The number of methoxy groups -OCH3 is 2. The molecule has 0 aliphatic rings. The fourth-order valence-electron chi connectivity index (χ4n) is 3.34. The van der Waals surface area contributed by atoms with Gasteiger partial charge in [0.15, 0.2) is 23.0 Å². The molecular weight excluding hydrogens is 316 g/mol. The van der Waals surface area contributed by atoms with Crippen LogP contribution in [0.2, 0.25) is 0 Å². The van der Waals surface area contributed by atoms with E-state index >= 15 is 0 Å². The van der Waals surface area contributed by atoms with Crippen LogP contribution >= 0.6 is 0 Å². The molecule has 0 unspecified atom stereocenters. The minimum absolute atomic E-state index is 0.133. The number of aromatic hydroxyl groups is 2. The Kier molecular flexibility index (Phi) is 6.57. The van der Waals surface area contributed by atoms with Crippen LogP contribution in [0, 0.1) is 0 Å². The molecule has 0 spiro atoms. The fourth-order valence-corrected chi connectivity index (χ4v) is 3.34. The number of aryl methyl sites for hydroxylation is 2. The molecule has 4 nitrogen and oxygen atoms in total. The van der Waals surface area contributed by atoms with E-state index < -0.39 is 0 Å². The molecule has 25 heavy (non-hydrogen) atoms. The predicted molar refractivity (Wildman–Crippen MR) is 100 cm³/mol. The molecule has 0 fully saturated rings. The maximum atomic E-state index is 10.2. The van der Waals surface area contributed by atoms with Crippen molar-refractivity contribution in [3.8, 4) is 23.0 Å². The van der Waals surface area contributed by atoms with Gasteiger partial charge in [-0.2, -0.15) is 0 Å². The quantitative estimate of drug-likeness (QED) is 0.734. The summed E-state index contributed by atoms with van der Waals surface area (Å²) in [6.07, 6.45) is 4.34. The third kappa shape index (κ3) is 4.01. The zero-order valence-corrected chi connectivity index (χ0v) is 15.6. The lowest BCUT2D eigenvalue weighted by Crippen LogP contribution is -2.05. The number of ether oxygens (including phenoxy) is 2. The fraction of sp³-hybridized carbons (Fsp3) is 0.429. The van der Waals surface area contributed by atoms with Crippen molar-refractivity contribution in [2.75, 3.05) is 14.2 Å². The van der Waals surface area contributed by atoms with E-state index in [1.54, 1.807) is 26.4 Å². The maximum Gasteiger partial charge on any atom is 0.164 e. The summed E-state index contributed by atoms with van der Waals surface area (Å²) < 4.78 is 11.0. The van der Waals surface area contributed by atoms with Crippen LogP contribution in [0.5, 0.6) is 23.0 Å². The lowest BCUT2D eigenvalue weighted by atomic mass is 9.91. The Hall–Kier alpha value is -2.36. The Morgan fingerprint density at radius 2 is 1.12 bits per heavy atom. The van der Waals surface area contributed by atoms with Gasteiger partial charge in [0, 0.05) is 17.5 Å². The first-order valence-electron chi connectivity index (χ1n) is 8.82. The van der Waals surface area contributed by atoms with Gasteiger partial charge in [0.25, 0.3) is 0 Å². The molecule has 0 radical (unpaired) electrons. The lowest BCUT2D eigenvalue weighted by Gasteiger charge is -2.19. The van der Waals surface area contributed by atoms with E-state index in [0.29, 0.717) is 17.9 Å². The number of benzene rings is 2. The standard InChI is InChI=1S/C21H28O4/c1-5-7-14-9-11-18(22)20(24-3)16(14)13-17-15(8-6-2)10-12-19(23)21(17)25-4/h9-12,22-23H,5-8,13H2,1-4H3. The average molecular weight is 344 g/mol. The molecule has 2 rings (SSSR count). The van der Waals surface area contributed by atoms with Gasteiger partial charge in [-0.1, -0.05) is 38.8 Å². The number of rotatable bonds is 8. The molecule has 136 valence electrons. The van der Waals surface area contributed by atoms with Crippen molar-refractivity contribution in [3.63, 3.8) is 0 Å². The minimum Gasteiger partial charge on any atom is -0.504 e. The first-order valence-corrected chi connectivity index (χ1v) is 8.82. The second-order valence-corrected chi connectivity index (χ2v) is 6.19. The van der Waals surface area contributed by atoms with Gasteiger partial charge in [0.2, 0.25) is 0 Å². The van der Waals surface area contributed by atoms with Crippen molar-refractivity contribution in [3.05, 3.63) is 46.5 Å². The molecule has 2 aromatic rings. The van der Waals surface area contributed by atoms with Crippen LogP contribution in [0.4, 0.5) is 0 Å². The average Bonchev–Trinajstić information content (AvgIpc) is 2.60. The number of phenolic OH excluding ortho intramolecular Hbond substituents is 2. The summed E-state index contributed by atoms with van der Waals surface area (Å²) in [6.45, 7) is 4.25. The van der Waals surface area contributed by atoms with E-state index in [2.05, 4.69) is 13.8 Å². The van der Waals surface area contributed by atoms with Gasteiger partial charge in [-0.15, -0.1) is 0 Å². The summed E-state index contributed by atoms with van der Waals surface area (Å²) in [4.78, 5) is 0. The number of hydrogen-bond acceptors (Lipinski definition) is 4. The van der Waals surface area contributed by atoms with Crippen molar-refractivity contribution in [2.24, 2.45) is 0 Å². The third-order valence-corrected chi connectivity index (χ3v) is 4.47. The minimum atomic E-state index is 0.133. The first-order chi connectivity index (χ1) is 12.1. The van der Waals surface area contributed by atoms with Crippen LogP contribution in [-0.2, 0) is 19.3 Å². The van der Waals surface area contributed by atoms with Gasteiger partial charge in [-0.25, -0.2) is 0 Å². The molecule has 2 N–H and O–H groups in total. The van der Waals surface area contributed by atoms with Gasteiger partial charge in [0.1, 0.15) is 0 Å². The van der Waals surface area contributed by atoms with E-state index in [4.69, 9.17) is 9.47 Å². The first kappa shape index (κ1) is 19.0. The lowest BCUT2D eigenvalue weighted by molar-refractivity contribution is 0.364. The molecule has 0 saturated carbocycles. The van der Waals surface area contributed by atoms with E-state index in [9.17, 15) is 10.2 Å². The largest absolute Gasteiger partial charge is 0.504 e. The number of hydrogen-bond donors (Lipinski definition) is 2. The molecule has 0 heterocycles. The van der Waals surface area contributed by atoms with E-state index in [0.717, 1.165) is 47.9 Å². The summed E-state index contributed by atoms with van der Waals surface area (Å²) in [7, 11) is 3.14. The molecule has 0 amide bonds. The zero-order chi connectivity index (χ0) is 18.4. The molecule has 4 heteroatoms. The summed E-state index contributed by atoms with van der Waals surface area (Å²) in [6, 6.07) is 7.26. The van der Waals surface area contributed by atoms with Crippen molar-refractivity contribution in [1.82, 2.24) is 0 Å². The van der Waals surface area contributed by atoms with Gasteiger partial charge in [-0.3, -0.25) is 0 Å². The molecular formula is C21H28O4. The van der Waals surface area contributed by atoms with Crippen molar-refractivity contribution in [2.45, 2.75) is 46.0 Å². The molecule has 2 aromatic carbocycles.